The van der Waals surface area contributed by atoms with Crippen LogP contribution in [0.3, 0.4) is 0 Å². The van der Waals surface area contributed by atoms with Crippen LogP contribution in [-0.4, -0.2) is 69.3 Å². The van der Waals surface area contributed by atoms with Crippen LogP contribution in [0.1, 0.15) is 31.8 Å². The number of hydrogen-bond donors (Lipinski definition) is 6. The molecular formula is C13H21N5O10P2. The number of hydrogen-bond acceptors (Lipinski definition) is 11. The lowest BCUT2D eigenvalue weighted by atomic mass is 10.1. The van der Waals surface area contributed by atoms with Gasteiger partial charge >= 0.3 is 15.6 Å². The molecule has 1 fully saturated rings. The van der Waals surface area contributed by atoms with E-state index >= 15 is 0 Å². The number of aromatic nitrogens is 4. The number of anilines is 1. The van der Waals surface area contributed by atoms with Crippen LogP contribution in [0.15, 0.2) is 6.33 Å². The Morgan fingerprint density at radius 2 is 1.90 bits per heavy atom. The highest BCUT2D eigenvalue weighted by Gasteiger charge is 2.46. The van der Waals surface area contributed by atoms with Crippen molar-refractivity contribution < 1.29 is 47.6 Å². The zero-order chi connectivity index (χ0) is 22.4. The van der Waals surface area contributed by atoms with E-state index in [-0.39, 0.29) is 22.9 Å². The largest absolute Gasteiger partial charge is 0.481 e. The molecule has 0 aromatic carbocycles. The molecule has 3 heterocycles. The summed E-state index contributed by atoms with van der Waals surface area (Å²) < 4.78 is 37.2. The third kappa shape index (κ3) is 4.86. The minimum atomic E-state index is -5.30. The fourth-order valence-corrected chi connectivity index (χ4v) is 4.42. The highest BCUT2D eigenvalue weighted by Crippen LogP contribution is 2.57. The number of aliphatic hydroxyl groups excluding tert-OH is 2. The molecule has 2 aromatic heterocycles. The van der Waals surface area contributed by atoms with Gasteiger partial charge in [0.25, 0.3) is 0 Å². The molecule has 17 heteroatoms. The van der Waals surface area contributed by atoms with Gasteiger partial charge in [0, 0.05) is 5.92 Å². The van der Waals surface area contributed by atoms with E-state index < -0.39 is 46.8 Å². The summed E-state index contributed by atoms with van der Waals surface area (Å²) in [5, 5.41) is 20.6. The zero-order valence-electron chi connectivity index (χ0n) is 15.7. The van der Waals surface area contributed by atoms with Gasteiger partial charge in [-0.25, -0.2) is 24.1 Å². The highest BCUT2D eigenvalue weighted by molar-refractivity contribution is 7.60. The van der Waals surface area contributed by atoms with Gasteiger partial charge in [0.15, 0.2) is 17.7 Å². The summed E-state index contributed by atoms with van der Waals surface area (Å²) in [4.78, 5) is 39.2. The van der Waals surface area contributed by atoms with Crippen molar-refractivity contribution in [3.05, 3.63) is 12.2 Å². The molecule has 30 heavy (non-hydrogen) atoms. The first-order valence-electron chi connectivity index (χ1n) is 8.55. The minimum absolute atomic E-state index is 0.0612. The molecule has 0 radical (unpaired) electrons. The topological polar surface area (TPSA) is 233 Å². The molecule has 1 unspecified atom stereocenters. The standard InChI is InChI=1S/C13H21N5O10P2/c1-5(2)11-16-10(14)7-12(17-11)18(4-15-7)13-9(20)8(19)6(27-13)3-26-30(24,25)28-29(21,22)23/h4-6,8-9,13,19-20H,3H2,1-2H3,(H,24,25)(H2,14,16,17)(H2,21,22,23)/t6-,8-,9-,13-/m1/s1. The number of nitrogen functional groups attached to an aromatic ring is 1. The molecule has 15 nitrogen and oxygen atoms in total. The Morgan fingerprint density at radius 3 is 2.50 bits per heavy atom. The SMILES string of the molecule is CC(C)c1nc(N)c2ncn([C@@H]3O[C@H](COP(=O)(O)OP(=O)(O)O)[C@@H](O)[C@H]3O)c2n1. The molecular weight excluding hydrogens is 448 g/mol. The van der Waals surface area contributed by atoms with Crippen molar-refractivity contribution in [2.24, 2.45) is 0 Å². The smallest absolute Gasteiger partial charge is 0.387 e. The van der Waals surface area contributed by atoms with E-state index in [9.17, 15) is 24.2 Å². The molecule has 168 valence electrons. The van der Waals surface area contributed by atoms with Crippen molar-refractivity contribution >= 4 is 32.6 Å². The molecule has 0 bridgehead atoms. The third-order valence-electron chi connectivity index (χ3n) is 4.20. The first-order valence-corrected chi connectivity index (χ1v) is 11.6. The summed E-state index contributed by atoms with van der Waals surface area (Å²) in [6.07, 6.45) is -4.38. The summed E-state index contributed by atoms with van der Waals surface area (Å²) in [5.41, 5.74) is 6.39. The number of fused-ring (bicyclic) bond motifs is 1. The van der Waals surface area contributed by atoms with Crippen molar-refractivity contribution in [1.82, 2.24) is 19.5 Å². The van der Waals surface area contributed by atoms with Gasteiger partial charge in [0.05, 0.1) is 12.9 Å². The van der Waals surface area contributed by atoms with Gasteiger partial charge in [-0.15, -0.1) is 0 Å². The molecule has 3 rings (SSSR count). The van der Waals surface area contributed by atoms with Crippen molar-refractivity contribution in [2.75, 3.05) is 12.3 Å². The van der Waals surface area contributed by atoms with Crippen molar-refractivity contribution in [3.63, 3.8) is 0 Å². The second kappa shape index (κ2) is 8.20. The van der Waals surface area contributed by atoms with Crippen LogP contribution in [0.2, 0.25) is 0 Å². The van der Waals surface area contributed by atoms with E-state index in [1.165, 1.54) is 10.9 Å². The Labute approximate surface area is 169 Å². The van der Waals surface area contributed by atoms with E-state index in [1.54, 1.807) is 0 Å². The average molecular weight is 469 g/mol. The fourth-order valence-electron chi connectivity index (χ4n) is 2.82. The lowest BCUT2D eigenvalue weighted by Gasteiger charge is -2.18. The Kier molecular flexibility index (Phi) is 6.33. The monoisotopic (exact) mass is 469 g/mol. The molecule has 1 saturated heterocycles. The van der Waals surface area contributed by atoms with Crippen LogP contribution in [0.4, 0.5) is 5.82 Å². The van der Waals surface area contributed by atoms with Gasteiger partial charge in [0.1, 0.15) is 29.7 Å². The minimum Gasteiger partial charge on any atom is -0.387 e. The first kappa shape index (κ1) is 23.2. The molecule has 5 atom stereocenters. The second-order valence-corrected chi connectivity index (χ2v) is 9.66. The van der Waals surface area contributed by atoms with Crippen molar-refractivity contribution in [3.8, 4) is 0 Å². The molecule has 0 spiro atoms. The van der Waals surface area contributed by atoms with Crippen LogP contribution in [0.5, 0.6) is 0 Å². The van der Waals surface area contributed by atoms with Gasteiger partial charge < -0.3 is 35.4 Å². The van der Waals surface area contributed by atoms with Gasteiger partial charge in [-0.3, -0.25) is 9.09 Å². The number of phosphoric ester groups is 1. The number of nitrogens with zero attached hydrogens (tertiary/aromatic N) is 4. The van der Waals surface area contributed by atoms with Crippen LogP contribution in [0.25, 0.3) is 11.2 Å². The van der Waals surface area contributed by atoms with Gasteiger partial charge in [-0.1, -0.05) is 13.8 Å². The van der Waals surface area contributed by atoms with Crippen LogP contribution in [0, 0.1) is 0 Å². The number of ether oxygens (including phenoxy) is 1. The number of imidazole rings is 1. The van der Waals surface area contributed by atoms with E-state index in [1.807, 2.05) is 13.8 Å². The predicted molar refractivity (Wildman–Crippen MR) is 98.7 cm³/mol. The quantitative estimate of drug-likeness (QED) is 0.277. The number of aliphatic hydroxyl groups is 2. The summed E-state index contributed by atoms with van der Waals surface area (Å²) >= 11 is 0. The summed E-state index contributed by atoms with van der Waals surface area (Å²) in [6, 6.07) is 0. The molecule has 1 aliphatic heterocycles. The lowest BCUT2D eigenvalue weighted by molar-refractivity contribution is -0.0503. The molecule has 7 N–H and O–H groups in total. The molecule has 2 aromatic rings. The van der Waals surface area contributed by atoms with Gasteiger partial charge in [0.2, 0.25) is 0 Å². The maximum absolute atomic E-state index is 11.6. The molecule has 1 aliphatic rings. The zero-order valence-corrected chi connectivity index (χ0v) is 17.5. The maximum Gasteiger partial charge on any atom is 0.481 e. The third-order valence-corrected chi connectivity index (χ3v) is 6.36. The first-order chi connectivity index (χ1) is 13.8. The lowest BCUT2D eigenvalue weighted by Crippen LogP contribution is -2.33. The number of nitrogens with two attached hydrogens (primary N) is 1. The van der Waals surface area contributed by atoms with Crippen molar-refractivity contribution in [2.45, 2.75) is 44.3 Å². The Hall–Kier alpha value is -1.51. The van der Waals surface area contributed by atoms with E-state index in [0.717, 1.165) is 0 Å². The summed E-state index contributed by atoms with van der Waals surface area (Å²) in [5.74, 6) is 0.477. The van der Waals surface area contributed by atoms with E-state index in [4.69, 9.17) is 20.3 Å². The molecule has 0 aliphatic carbocycles. The Morgan fingerprint density at radius 1 is 1.23 bits per heavy atom. The molecule has 0 saturated carbocycles. The van der Waals surface area contributed by atoms with Crippen LogP contribution < -0.4 is 5.73 Å². The van der Waals surface area contributed by atoms with E-state index in [2.05, 4.69) is 23.8 Å². The predicted octanol–water partition coefficient (Wildman–Crippen LogP) is -0.623. The van der Waals surface area contributed by atoms with Crippen molar-refractivity contribution in [1.29, 1.82) is 0 Å². The van der Waals surface area contributed by atoms with Crippen LogP contribution >= 0.6 is 15.6 Å². The highest BCUT2D eigenvalue weighted by atomic mass is 31.3. The van der Waals surface area contributed by atoms with Gasteiger partial charge in [-0.05, 0) is 0 Å². The fraction of sp³-hybridized carbons (Fsp3) is 0.615. The number of rotatable bonds is 7. The average Bonchev–Trinajstić information content (AvgIpc) is 3.14. The molecule has 0 amide bonds. The summed E-state index contributed by atoms with van der Waals surface area (Å²) in [6.45, 7) is 2.89. The normalized spacial score (nSPS) is 27.1. The Bertz CT molecular complexity index is 1030. The van der Waals surface area contributed by atoms with Crippen LogP contribution in [-0.2, 0) is 22.7 Å². The Balaban J connectivity index is 1.82. The van der Waals surface area contributed by atoms with E-state index in [0.29, 0.717) is 5.82 Å². The number of phosphoric acid groups is 2. The van der Waals surface area contributed by atoms with Gasteiger partial charge in [-0.2, -0.15) is 4.31 Å². The maximum atomic E-state index is 11.6. The second-order valence-electron chi connectivity index (χ2n) is 6.83. The summed E-state index contributed by atoms with van der Waals surface area (Å²) in [7, 11) is -10.4.